The molecule has 9 nitrogen and oxygen atoms in total. The summed E-state index contributed by atoms with van der Waals surface area (Å²) in [7, 11) is 0. The summed E-state index contributed by atoms with van der Waals surface area (Å²) in [5, 5.41) is 12.2. The number of rotatable bonds is 4. The van der Waals surface area contributed by atoms with Crippen LogP contribution in [0.15, 0.2) is 12.3 Å². The van der Waals surface area contributed by atoms with Crippen molar-refractivity contribution >= 4 is 23.6 Å². The van der Waals surface area contributed by atoms with E-state index in [2.05, 4.69) is 10.2 Å². The van der Waals surface area contributed by atoms with Crippen LogP contribution in [-0.4, -0.2) is 70.8 Å². The first-order valence-corrected chi connectivity index (χ1v) is 13.6. The number of aryl methyl sites for hydroxylation is 1. The summed E-state index contributed by atoms with van der Waals surface area (Å²) in [6.45, 7) is 12.3. The molecule has 4 rings (SSSR count). The fourth-order valence-corrected chi connectivity index (χ4v) is 5.64. The fraction of sp³-hybridized carbons (Fsp3) is 0.714. The largest absolute Gasteiger partial charge is 0.460 e. The zero-order valence-electron chi connectivity index (χ0n) is 22.9. The molecule has 0 bridgehead atoms. The van der Waals surface area contributed by atoms with Crippen LogP contribution in [0.2, 0.25) is 0 Å². The Morgan fingerprint density at radius 2 is 1.76 bits per heavy atom. The molecule has 9 heteroatoms. The Bertz CT molecular complexity index is 1020. The van der Waals surface area contributed by atoms with E-state index in [4.69, 9.17) is 9.72 Å². The van der Waals surface area contributed by atoms with Gasteiger partial charge in [0.05, 0.1) is 11.3 Å². The number of esters is 1. The van der Waals surface area contributed by atoms with Crippen molar-refractivity contribution in [2.24, 2.45) is 11.3 Å². The summed E-state index contributed by atoms with van der Waals surface area (Å²) < 4.78 is 5.62. The van der Waals surface area contributed by atoms with Crippen LogP contribution in [-0.2, 0) is 19.1 Å². The second-order valence-corrected chi connectivity index (χ2v) is 12.2. The second kappa shape index (κ2) is 10.6. The van der Waals surface area contributed by atoms with Gasteiger partial charge in [0.25, 0.3) is 0 Å². The van der Waals surface area contributed by atoms with E-state index in [9.17, 15) is 19.5 Å². The lowest BCUT2D eigenvalue weighted by molar-refractivity contribution is -0.170. The quantitative estimate of drug-likeness (QED) is 0.594. The highest BCUT2D eigenvalue weighted by Gasteiger charge is 2.42. The van der Waals surface area contributed by atoms with Gasteiger partial charge in [-0.05, 0) is 84.3 Å². The number of piperidine rings is 3. The fourth-order valence-electron chi connectivity index (χ4n) is 5.64. The van der Waals surface area contributed by atoms with E-state index in [1.165, 1.54) is 0 Å². The van der Waals surface area contributed by atoms with Gasteiger partial charge in [-0.3, -0.25) is 14.4 Å². The van der Waals surface area contributed by atoms with E-state index in [0.29, 0.717) is 38.8 Å². The highest BCUT2D eigenvalue weighted by molar-refractivity contribution is 5.84. The number of ether oxygens (including phenoxy) is 1. The van der Waals surface area contributed by atoms with Crippen molar-refractivity contribution in [1.29, 1.82) is 0 Å². The molecule has 2 N–H and O–H groups in total. The zero-order chi connectivity index (χ0) is 27.0. The van der Waals surface area contributed by atoms with Crippen LogP contribution in [0, 0.1) is 18.3 Å². The molecule has 0 aliphatic carbocycles. The molecule has 2 unspecified atom stereocenters. The van der Waals surface area contributed by atoms with Crippen molar-refractivity contribution in [3.05, 3.63) is 23.4 Å². The molecule has 0 spiro atoms. The summed E-state index contributed by atoms with van der Waals surface area (Å²) in [4.78, 5) is 47.1. The van der Waals surface area contributed by atoms with Crippen molar-refractivity contribution < 1.29 is 24.2 Å². The van der Waals surface area contributed by atoms with Gasteiger partial charge < -0.3 is 25.0 Å². The van der Waals surface area contributed by atoms with Crippen molar-refractivity contribution in [3.63, 3.8) is 0 Å². The van der Waals surface area contributed by atoms with Gasteiger partial charge in [0.2, 0.25) is 11.8 Å². The molecule has 2 amide bonds. The minimum atomic E-state index is -0.763. The number of nitrogens with one attached hydrogen (secondary N) is 1. The van der Waals surface area contributed by atoms with Crippen LogP contribution >= 0.6 is 0 Å². The van der Waals surface area contributed by atoms with Gasteiger partial charge >= 0.3 is 5.97 Å². The lowest BCUT2D eigenvalue weighted by Gasteiger charge is -2.41. The number of aromatic nitrogens is 1. The van der Waals surface area contributed by atoms with Crippen LogP contribution < -0.4 is 10.2 Å². The number of anilines is 1. The van der Waals surface area contributed by atoms with E-state index >= 15 is 0 Å². The predicted octanol–water partition coefficient (Wildman–Crippen LogP) is 2.89. The molecule has 0 saturated carbocycles. The van der Waals surface area contributed by atoms with Crippen molar-refractivity contribution in [2.75, 3.05) is 31.1 Å². The number of aliphatic hydroxyl groups excluding tert-OH is 1. The average Bonchev–Trinajstić information content (AvgIpc) is 2.83. The maximum atomic E-state index is 13.3. The van der Waals surface area contributed by atoms with Crippen LogP contribution in [0.3, 0.4) is 0 Å². The Hall–Kier alpha value is -2.68. The van der Waals surface area contributed by atoms with E-state index in [1.54, 1.807) is 6.20 Å². The second-order valence-electron chi connectivity index (χ2n) is 12.2. The van der Waals surface area contributed by atoms with Crippen LogP contribution in [0.1, 0.15) is 83.3 Å². The van der Waals surface area contributed by atoms with Crippen molar-refractivity contribution in [2.45, 2.75) is 90.9 Å². The third-order valence-corrected chi connectivity index (χ3v) is 8.04. The number of carbonyl (C=O) groups is 3. The first-order chi connectivity index (χ1) is 17.4. The standard InChI is InChI=1S/C28H42N4O5/c1-18-16-20(21-6-7-22(33)30-24(21)34)17-29-23(18)31-12-8-19(9-13-31)25(35)32-14-10-28(5,11-15-32)26(36)37-27(2,3)4/h16-17,19,21-22,33H,6-15H2,1-5H3,(H,30,34). The molecular weight excluding hydrogens is 472 g/mol. The lowest BCUT2D eigenvalue weighted by atomic mass is 9.79. The lowest BCUT2D eigenvalue weighted by Crippen LogP contribution is -2.50. The molecule has 3 aliphatic heterocycles. The van der Waals surface area contributed by atoms with Crippen molar-refractivity contribution in [1.82, 2.24) is 15.2 Å². The molecule has 1 aromatic rings. The first kappa shape index (κ1) is 27.4. The number of carbonyl (C=O) groups excluding carboxylic acids is 3. The van der Waals surface area contributed by atoms with Crippen molar-refractivity contribution in [3.8, 4) is 0 Å². The molecule has 4 heterocycles. The first-order valence-electron chi connectivity index (χ1n) is 13.6. The van der Waals surface area contributed by atoms with E-state index in [1.807, 2.05) is 45.6 Å². The molecule has 2 atom stereocenters. The minimum absolute atomic E-state index is 0.0147. The highest BCUT2D eigenvalue weighted by atomic mass is 16.6. The SMILES string of the molecule is Cc1cc(C2CCC(O)NC2=O)cnc1N1CCC(C(=O)N2CCC(C)(C(=O)OC(C)(C)C)CC2)CC1. The van der Waals surface area contributed by atoms with Gasteiger partial charge in [0, 0.05) is 38.3 Å². The maximum absolute atomic E-state index is 13.3. The van der Waals surface area contributed by atoms with Gasteiger partial charge in [-0.25, -0.2) is 4.98 Å². The monoisotopic (exact) mass is 514 g/mol. The summed E-state index contributed by atoms with van der Waals surface area (Å²) in [5.74, 6) is 0.466. The van der Waals surface area contributed by atoms with Crippen LogP contribution in [0.5, 0.6) is 0 Å². The van der Waals surface area contributed by atoms with Gasteiger partial charge in [-0.1, -0.05) is 6.07 Å². The number of pyridine rings is 1. The molecule has 3 aliphatic rings. The van der Waals surface area contributed by atoms with E-state index in [-0.39, 0.29) is 29.6 Å². The molecule has 37 heavy (non-hydrogen) atoms. The third-order valence-electron chi connectivity index (χ3n) is 8.04. The summed E-state index contributed by atoms with van der Waals surface area (Å²) in [6, 6.07) is 2.02. The van der Waals surface area contributed by atoms with Gasteiger partial charge in [0.15, 0.2) is 0 Å². The molecule has 3 fully saturated rings. The number of hydrogen-bond donors (Lipinski definition) is 2. The topological polar surface area (TPSA) is 112 Å². The third kappa shape index (κ3) is 6.25. The van der Waals surface area contributed by atoms with Gasteiger partial charge in [-0.2, -0.15) is 0 Å². The summed E-state index contributed by atoms with van der Waals surface area (Å²) in [5.41, 5.74) is 0.835. The molecule has 1 aromatic heterocycles. The number of aliphatic hydroxyl groups is 1. The maximum Gasteiger partial charge on any atom is 0.312 e. The van der Waals surface area contributed by atoms with Crippen LogP contribution in [0.4, 0.5) is 5.82 Å². The molecular formula is C28H42N4O5. The Balaban J connectivity index is 1.30. The molecule has 204 valence electrons. The average molecular weight is 515 g/mol. The minimum Gasteiger partial charge on any atom is -0.460 e. The predicted molar refractivity (Wildman–Crippen MR) is 140 cm³/mol. The number of hydrogen-bond acceptors (Lipinski definition) is 7. The molecule has 0 aromatic carbocycles. The zero-order valence-corrected chi connectivity index (χ0v) is 22.9. The van der Waals surface area contributed by atoms with Gasteiger partial charge in [-0.15, -0.1) is 0 Å². The van der Waals surface area contributed by atoms with Gasteiger partial charge in [0.1, 0.15) is 17.6 Å². The Kier molecular flexibility index (Phi) is 7.83. The van der Waals surface area contributed by atoms with Crippen LogP contribution in [0.25, 0.3) is 0 Å². The number of amides is 2. The van der Waals surface area contributed by atoms with E-state index in [0.717, 1.165) is 42.9 Å². The number of likely N-dealkylation sites (tertiary alicyclic amines) is 1. The van der Waals surface area contributed by atoms with E-state index < -0.39 is 17.2 Å². The smallest absolute Gasteiger partial charge is 0.312 e. The number of nitrogens with zero attached hydrogens (tertiary/aromatic N) is 3. The Labute approximate surface area is 219 Å². The molecule has 3 saturated heterocycles. The summed E-state index contributed by atoms with van der Waals surface area (Å²) >= 11 is 0. The highest BCUT2D eigenvalue weighted by Crippen LogP contribution is 2.35. The Morgan fingerprint density at radius 3 is 2.32 bits per heavy atom. The summed E-state index contributed by atoms with van der Waals surface area (Å²) in [6.07, 6.45) is 4.94. The Morgan fingerprint density at radius 1 is 1.11 bits per heavy atom. The molecule has 0 radical (unpaired) electrons. The normalized spacial score (nSPS) is 25.0.